The topological polar surface area (TPSA) is 96.0 Å². The zero-order valence-electron chi connectivity index (χ0n) is 10.3. The Hall–Kier alpha value is -1.93. The number of nitrogens with zero attached hydrogens (tertiary/aromatic N) is 2. The molecule has 2 aromatic carbocycles. The molecule has 0 unspecified atom stereocenters. The number of para-hydroxylation sites is 1. The molecule has 0 spiro atoms. The summed E-state index contributed by atoms with van der Waals surface area (Å²) in [5, 5.41) is 30.0. The molecule has 0 aliphatic rings. The summed E-state index contributed by atoms with van der Waals surface area (Å²) < 4.78 is 1.08. The summed E-state index contributed by atoms with van der Waals surface area (Å²) in [5.41, 5.74) is 0.317. The number of nitro groups is 1. The van der Waals surface area contributed by atoms with Gasteiger partial charge in [-0.05, 0) is 50.1 Å². The molecule has 0 heterocycles. The summed E-state index contributed by atoms with van der Waals surface area (Å²) in [5.74, 6) is -0.386. The van der Waals surface area contributed by atoms with E-state index in [1.165, 1.54) is 36.5 Å². The zero-order valence-corrected chi connectivity index (χ0v) is 13.5. The molecule has 6 nitrogen and oxygen atoms in total. The van der Waals surface area contributed by atoms with E-state index >= 15 is 0 Å². The molecule has 0 aliphatic heterocycles. The third-order valence-corrected chi connectivity index (χ3v) is 3.79. The number of hydrogen-bond donors (Lipinski definition) is 2. The summed E-state index contributed by atoms with van der Waals surface area (Å²) in [7, 11) is 0. The number of rotatable bonds is 3. The van der Waals surface area contributed by atoms with Crippen LogP contribution >= 0.6 is 31.9 Å². The minimum atomic E-state index is -0.668. The Morgan fingerprint density at radius 2 is 1.81 bits per heavy atom. The third-order valence-electron chi connectivity index (χ3n) is 2.58. The van der Waals surface area contributed by atoms with Crippen LogP contribution in [0.1, 0.15) is 5.56 Å². The van der Waals surface area contributed by atoms with Gasteiger partial charge in [-0.3, -0.25) is 15.1 Å². The lowest BCUT2D eigenvalue weighted by molar-refractivity contribution is -0.385. The van der Waals surface area contributed by atoms with Crippen molar-refractivity contribution in [2.24, 2.45) is 4.99 Å². The Morgan fingerprint density at radius 1 is 1.19 bits per heavy atom. The minimum Gasteiger partial charge on any atom is -0.508 e. The second-order valence-electron chi connectivity index (χ2n) is 3.99. The van der Waals surface area contributed by atoms with Gasteiger partial charge in [-0.15, -0.1) is 0 Å². The van der Waals surface area contributed by atoms with Gasteiger partial charge in [0.2, 0.25) is 5.75 Å². The van der Waals surface area contributed by atoms with E-state index in [1.807, 2.05) is 0 Å². The number of aliphatic imine (C=N–C) groups is 1. The summed E-state index contributed by atoms with van der Waals surface area (Å²) in [6, 6.07) is 7.10. The van der Waals surface area contributed by atoms with E-state index in [0.29, 0.717) is 14.6 Å². The fraction of sp³-hybridized carbons (Fsp3) is 0. The van der Waals surface area contributed by atoms with E-state index in [9.17, 15) is 20.3 Å². The van der Waals surface area contributed by atoms with Gasteiger partial charge in [-0.1, -0.05) is 6.07 Å². The van der Waals surface area contributed by atoms with Gasteiger partial charge in [0.25, 0.3) is 0 Å². The Bertz CT molecular complexity index is 724. The van der Waals surface area contributed by atoms with Crippen molar-refractivity contribution in [3.05, 3.63) is 55.0 Å². The molecule has 0 atom stereocenters. The lowest BCUT2D eigenvalue weighted by atomic mass is 10.2. The lowest BCUT2D eigenvalue weighted by Crippen LogP contribution is -1.91. The van der Waals surface area contributed by atoms with Crippen molar-refractivity contribution in [3.63, 3.8) is 0 Å². The molecule has 2 aromatic rings. The van der Waals surface area contributed by atoms with Gasteiger partial charge in [0.15, 0.2) is 0 Å². The molecule has 0 radical (unpaired) electrons. The monoisotopic (exact) mass is 414 g/mol. The third kappa shape index (κ3) is 3.40. The van der Waals surface area contributed by atoms with Gasteiger partial charge in [-0.2, -0.15) is 0 Å². The highest BCUT2D eigenvalue weighted by molar-refractivity contribution is 9.11. The van der Waals surface area contributed by atoms with Crippen LogP contribution in [0.5, 0.6) is 11.5 Å². The average molecular weight is 416 g/mol. The molecule has 0 aromatic heterocycles. The van der Waals surface area contributed by atoms with Crippen LogP contribution < -0.4 is 0 Å². The Morgan fingerprint density at radius 3 is 2.38 bits per heavy atom. The zero-order chi connectivity index (χ0) is 15.6. The quantitative estimate of drug-likeness (QED) is 0.444. The van der Waals surface area contributed by atoms with E-state index in [-0.39, 0.29) is 17.0 Å². The first kappa shape index (κ1) is 15.5. The number of hydrogen-bond acceptors (Lipinski definition) is 5. The predicted octanol–water partition coefficient (Wildman–Crippen LogP) is 4.28. The minimum absolute atomic E-state index is 0.0610. The molecule has 0 amide bonds. The maximum atomic E-state index is 10.8. The van der Waals surface area contributed by atoms with Gasteiger partial charge in [-0.25, -0.2) is 0 Å². The molecule has 0 bridgehead atoms. The van der Waals surface area contributed by atoms with Crippen molar-refractivity contribution in [3.8, 4) is 11.5 Å². The normalized spacial score (nSPS) is 11.0. The van der Waals surface area contributed by atoms with Crippen molar-refractivity contribution in [2.45, 2.75) is 0 Å². The first-order valence-electron chi connectivity index (χ1n) is 5.58. The number of nitro benzene ring substituents is 1. The predicted molar refractivity (Wildman–Crippen MR) is 85.5 cm³/mol. The molecule has 0 saturated heterocycles. The fourth-order valence-corrected chi connectivity index (χ4v) is 2.98. The highest BCUT2D eigenvalue weighted by atomic mass is 79.9. The van der Waals surface area contributed by atoms with Crippen LogP contribution in [-0.2, 0) is 0 Å². The van der Waals surface area contributed by atoms with Crippen LogP contribution in [0.25, 0.3) is 0 Å². The van der Waals surface area contributed by atoms with Gasteiger partial charge in [0.05, 0.1) is 10.6 Å². The summed E-state index contributed by atoms with van der Waals surface area (Å²) >= 11 is 6.51. The number of aromatic hydroxyl groups is 2. The molecular weight excluding hydrogens is 408 g/mol. The molecular formula is C13H8Br2N2O4. The van der Waals surface area contributed by atoms with Crippen LogP contribution in [0.4, 0.5) is 11.4 Å². The number of phenolic OH excluding ortho intramolecular Hbond substituents is 2. The van der Waals surface area contributed by atoms with Crippen molar-refractivity contribution in [2.75, 3.05) is 0 Å². The summed E-state index contributed by atoms with van der Waals surface area (Å²) in [6.45, 7) is 0. The molecule has 0 aliphatic carbocycles. The first-order chi connectivity index (χ1) is 9.90. The van der Waals surface area contributed by atoms with Crippen molar-refractivity contribution < 1.29 is 15.1 Å². The smallest absolute Gasteiger partial charge is 0.311 e. The van der Waals surface area contributed by atoms with Crippen LogP contribution in [0.2, 0.25) is 0 Å². The van der Waals surface area contributed by atoms with Crippen LogP contribution in [0.15, 0.2) is 44.3 Å². The molecule has 0 saturated carbocycles. The Balaban J connectivity index is 2.43. The maximum Gasteiger partial charge on any atom is 0.311 e. The van der Waals surface area contributed by atoms with Crippen LogP contribution in [0, 0.1) is 10.1 Å². The van der Waals surface area contributed by atoms with Gasteiger partial charge in [0, 0.05) is 26.8 Å². The van der Waals surface area contributed by atoms with Crippen LogP contribution in [-0.4, -0.2) is 21.4 Å². The summed E-state index contributed by atoms with van der Waals surface area (Å²) in [4.78, 5) is 14.3. The van der Waals surface area contributed by atoms with E-state index in [1.54, 1.807) is 0 Å². The number of halogens is 2. The SMILES string of the molecule is O=[N+]([O-])c1cccc(C=Nc2c(Br)cc(O)cc2Br)c1O. The second kappa shape index (κ2) is 6.23. The van der Waals surface area contributed by atoms with Crippen molar-refractivity contribution >= 4 is 49.4 Å². The standard InChI is InChI=1S/C13H8Br2N2O4/c14-9-4-8(18)5-10(15)12(9)16-6-7-2-1-3-11(13(7)19)17(20)21/h1-6,18-19H. The number of benzene rings is 2. The Kier molecular flexibility index (Phi) is 4.59. The van der Waals surface area contributed by atoms with Gasteiger partial charge in [0.1, 0.15) is 5.75 Å². The van der Waals surface area contributed by atoms with Crippen molar-refractivity contribution in [1.82, 2.24) is 0 Å². The second-order valence-corrected chi connectivity index (χ2v) is 5.70. The van der Waals surface area contributed by atoms with Gasteiger partial charge < -0.3 is 10.2 Å². The molecule has 0 fully saturated rings. The highest BCUT2D eigenvalue weighted by Crippen LogP contribution is 2.37. The molecule has 21 heavy (non-hydrogen) atoms. The molecule has 8 heteroatoms. The lowest BCUT2D eigenvalue weighted by Gasteiger charge is -2.04. The van der Waals surface area contributed by atoms with Crippen molar-refractivity contribution in [1.29, 1.82) is 0 Å². The largest absolute Gasteiger partial charge is 0.508 e. The number of phenols is 2. The van der Waals surface area contributed by atoms with E-state index in [0.717, 1.165) is 0 Å². The van der Waals surface area contributed by atoms with E-state index in [4.69, 9.17) is 0 Å². The van der Waals surface area contributed by atoms with E-state index < -0.39 is 10.7 Å². The Labute approximate surface area is 136 Å². The molecule has 108 valence electrons. The molecule has 2 N–H and O–H groups in total. The average Bonchev–Trinajstić information content (AvgIpc) is 2.38. The van der Waals surface area contributed by atoms with Crippen LogP contribution in [0.3, 0.4) is 0 Å². The summed E-state index contributed by atoms with van der Waals surface area (Å²) in [6.07, 6.45) is 1.31. The van der Waals surface area contributed by atoms with Gasteiger partial charge >= 0.3 is 5.69 Å². The molecule has 2 rings (SSSR count). The highest BCUT2D eigenvalue weighted by Gasteiger charge is 2.15. The van der Waals surface area contributed by atoms with E-state index in [2.05, 4.69) is 36.9 Å². The maximum absolute atomic E-state index is 10.8. The first-order valence-corrected chi connectivity index (χ1v) is 7.17. The fourth-order valence-electron chi connectivity index (χ4n) is 1.61.